The summed E-state index contributed by atoms with van der Waals surface area (Å²) in [7, 11) is 0. The van der Waals surface area contributed by atoms with Crippen LogP contribution in [0.2, 0.25) is 0 Å². The molecular formula is C47H34O31. The molecule has 4 aromatic rings. The summed E-state index contributed by atoms with van der Waals surface area (Å²) in [6, 6.07) is 2.27. The van der Waals surface area contributed by atoms with Crippen LogP contribution in [0, 0.1) is 5.41 Å². The molecule has 0 amide bonds. The summed E-state index contributed by atoms with van der Waals surface area (Å²) < 4.78 is 57.7. The van der Waals surface area contributed by atoms with E-state index in [-0.39, 0.29) is 0 Å². The molecule has 2 spiro atoms. The van der Waals surface area contributed by atoms with E-state index in [9.17, 15) is 90.7 Å². The Kier molecular flexibility index (Phi) is 10.1. The Hall–Kier alpha value is -9.27. The van der Waals surface area contributed by atoms with E-state index in [2.05, 4.69) is 0 Å². The minimum Gasteiger partial charge on any atom is -0.504 e. The molecule has 8 aliphatic heterocycles. The summed E-state index contributed by atoms with van der Waals surface area (Å²) in [4.78, 5) is 104. The van der Waals surface area contributed by atoms with Crippen molar-refractivity contribution < 1.29 is 152 Å². The van der Waals surface area contributed by atoms with Gasteiger partial charge >= 0.3 is 35.8 Å². The second-order valence-electron chi connectivity index (χ2n) is 19.1. The number of phenolic OH excluding ortho intramolecular Hbond substituents is 11. The van der Waals surface area contributed by atoms with Crippen LogP contribution in [0.15, 0.2) is 30.3 Å². The molecule has 9 aliphatic rings. The molecular weight excluding hydrogens is 1060 g/mol. The summed E-state index contributed by atoms with van der Waals surface area (Å²) in [5.41, 5.74) is -14.6. The maximum atomic E-state index is 16.1. The Morgan fingerprint density at radius 3 is 1.81 bits per heavy atom. The van der Waals surface area contributed by atoms with Gasteiger partial charge in [0.2, 0.25) is 46.8 Å². The summed E-state index contributed by atoms with van der Waals surface area (Å²) in [6.07, 6.45) is -21.2. The van der Waals surface area contributed by atoms with Crippen molar-refractivity contribution in [3.8, 4) is 80.1 Å². The van der Waals surface area contributed by atoms with Gasteiger partial charge in [0.1, 0.15) is 24.2 Å². The SMILES string of the molecule is O=C(O[C@@H]1O[C@@H]2COC(=O)c3cc(O)c(O)c(O)c3-c3c(cc(O)c(O)c3O)C(=O)O[C@@H]3[C@H]1OC(=O)c1cc(O)c(O)c4c1[C@H]1[C@@](O)(O4)[C@@H]4O[C@]5(C(=O)O[C@@H]6[C@@H](O)CO[C@@]65O)[C@]1(CC4=O)C(=O)O[C@@H]32)c1cc(O)c(O)c(O)c1. The van der Waals surface area contributed by atoms with Gasteiger partial charge in [-0.25, -0.2) is 24.0 Å². The predicted octanol–water partition coefficient (Wildman–Crippen LogP) is -2.19. The first kappa shape index (κ1) is 49.6. The number of aliphatic hydroxyl groups is 3. The molecule has 6 fully saturated rings. The van der Waals surface area contributed by atoms with Gasteiger partial charge in [-0.05, 0) is 30.3 Å². The summed E-state index contributed by atoms with van der Waals surface area (Å²) in [6.45, 7) is -2.31. The Morgan fingerprint density at radius 2 is 1.17 bits per heavy atom. The van der Waals surface area contributed by atoms with Crippen molar-refractivity contribution in [2.24, 2.45) is 5.41 Å². The molecule has 5 saturated heterocycles. The lowest BCUT2D eigenvalue weighted by molar-refractivity contribution is -0.387. The molecule has 408 valence electrons. The lowest BCUT2D eigenvalue weighted by Crippen LogP contribution is -2.84. The molecule has 78 heavy (non-hydrogen) atoms. The fraction of sp³-hybridized carbons (Fsp3) is 0.340. The van der Waals surface area contributed by atoms with Crippen molar-refractivity contribution >= 4 is 41.6 Å². The number of cyclic esters (lactones) is 1. The van der Waals surface area contributed by atoms with E-state index in [1.807, 2.05) is 0 Å². The van der Waals surface area contributed by atoms with Crippen molar-refractivity contribution in [2.45, 2.75) is 78.5 Å². The van der Waals surface area contributed by atoms with Gasteiger partial charge in [-0.1, -0.05) is 0 Å². The number of aromatic hydroxyl groups is 11. The van der Waals surface area contributed by atoms with Crippen LogP contribution in [0.3, 0.4) is 0 Å². The van der Waals surface area contributed by atoms with Crippen LogP contribution in [0.1, 0.15) is 59.3 Å². The van der Waals surface area contributed by atoms with E-state index >= 15 is 14.4 Å². The third-order valence-corrected chi connectivity index (χ3v) is 15.0. The van der Waals surface area contributed by atoms with Gasteiger partial charge in [-0.2, -0.15) is 0 Å². The number of aliphatic hydroxyl groups excluding tert-OH is 1. The number of fused-ring (bicyclic) bond motifs is 5. The summed E-state index contributed by atoms with van der Waals surface area (Å²) >= 11 is 0. The van der Waals surface area contributed by atoms with Crippen molar-refractivity contribution in [3.05, 3.63) is 58.1 Å². The normalized spacial score (nSPS) is 34.0. The Bertz CT molecular complexity index is 3480. The van der Waals surface area contributed by atoms with Crippen LogP contribution in [-0.4, -0.2) is 192 Å². The molecule has 0 radical (unpaired) electrons. The van der Waals surface area contributed by atoms with Crippen molar-refractivity contribution in [3.63, 3.8) is 0 Å². The summed E-state index contributed by atoms with van der Waals surface area (Å²) in [5, 5.41) is 155. The standard InChI is InChI=1S/C47H34O31/c48-13-1-9(2-14(49)24(13)55)37(61)76-41-33-32-30(20(71-41)8-69-38(62)10-3-15(50)25(56)28(59)21(10)22-11(39(63)72-32)4-16(51)26(57)29(22)60)74-42(65)44-6-18(53)35(78-46(44)43(66)75-36-19(54)7-70-47(36,46)68)45(67)34(44)23-12(40(64)73-33)5-17(52)27(58)31(23)77-45/h1-5,19-20,30,32-36,41,48-52,54-60,67-68H,6-8H2/t19-,20+,30+,32-,33+,34+,35+,36+,41-,44-,45+,46+,47-/m0/s1. The lowest BCUT2D eigenvalue weighted by atomic mass is 9.48. The number of rotatable bonds is 2. The molecule has 1 aliphatic carbocycles. The van der Waals surface area contributed by atoms with Crippen LogP contribution >= 0.6 is 0 Å². The number of phenols is 11. The van der Waals surface area contributed by atoms with Gasteiger partial charge in [-0.3, -0.25) is 9.59 Å². The van der Waals surface area contributed by atoms with Gasteiger partial charge in [0.25, 0.3) is 0 Å². The highest BCUT2D eigenvalue weighted by atomic mass is 16.8. The Labute approximate surface area is 428 Å². The molecule has 4 aromatic carbocycles. The number of ether oxygens (including phenoxy) is 10. The van der Waals surface area contributed by atoms with Gasteiger partial charge in [0.05, 0.1) is 34.8 Å². The second kappa shape index (κ2) is 15.9. The van der Waals surface area contributed by atoms with Gasteiger partial charge in [0, 0.05) is 23.1 Å². The third-order valence-electron chi connectivity index (χ3n) is 15.0. The number of Topliss-reactive ketones (excluding diaryl/α,β-unsaturated/α-hetero) is 1. The number of hydrogen-bond donors (Lipinski definition) is 14. The van der Waals surface area contributed by atoms with Crippen molar-refractivity contribution in [1.29, 1.82) is 0 Å². The maximum absolute atomic E-state index is 16.1. The first-order valence-electron chi connectivity index (χ1n) is 22.7. The predicted molar refractivity (Wildman–Crippen MR) is 230 cm³/mol. The van der Waals surface area contributed by atoms with Crippen LogP contribution < -0.4 is 4.74 Å². The highest BCUT2D eigenvalue weighted by Gasteiger charge is 2.94. The van der Waals surface area contributed by atoms with Crippen LogP contribution in [0.5, 0.6) is 69.0 Å². The molecule has 1 saturated carbocycles. The fourth-order valence-electron chi connectivity index (χ4n) is 11.7. The van der Waals surface area contributed by atoms with E-state index < -0.39 is 247 Å². The smallest absolute Gasteiger partial charge is 0.346 e. The third kappa shape index (κ3) is 6.03. The average molecular weight is 1090 g/mol. The number of ketones is 1. The molecule has 31 nitrogen and oxygen atoms in total. The Morgan fingerprint density at radius 1 is 0.603 bits per heavy atom. The zero-order valence-electron chi connectivity index (χ0n) is 38.4. The molecule has 31 heteroatoms. The van der Waals surface area contributed by atoms with Gasteiger partial charge < -0.3 is 119 Å². The van der Waals surface area contributed by atoms with Gasteiger partial charge in [-0.15, -0.1) is 0 Å². The van der Waals surface area contributed by atoms with E-state index in [1.165, 1.54) is 0 Å². The van der Waals surface area contributed by atoms with E-state index in [0.717, 1.165) is 0 Å². The molecule has 14 N–H and O–H groups in total. The minimum atomic E-state index is -3.55. The molecule has 0 unspecified atom stereocenters. The number of esters is 6. The first-order valence-corrected chi connectivity index (χ1v) is 22.7. The quantitative estimate of drug-likeness (QED) is 0.0576. The molecule has 13 rings (SSSR count). The lowest BCUT2D eigenvalue weighted by Gasteiger charge is -2.62. The minimum absolute atomic E-state index is 0.334. The number of carbonyl (C=O) groups excluding carboxylic acids is 7. The van der Waals surface area contributed by atoms with E-state index in [0.29, 0.717) is 30.3 Å². The second-order valence-corrected chi connectivity index (χ2v) is 19.1. The number of hydrogen-bond acceptors (Lipinski definition) is 31. The number of carbonyl (C=O) groups is 7. The van der Waals surface area contributed by atoms with Crippen molar-refractivity contribution in [1.82, 2.24) is 0 Å². The van der Waals surface area contributed by atoms with E-state index in [4.69, 9.17) is 47.4 Å². The Balaban J connectivity index is 1.13. The first-order chi connectivity index (χ1) is 36.7. The van der Waals surface area contributed by atoms with Crippen molar-refractivity contribution in [2.75, 3.05) is 13.2 Å². The highest BCUT2D eigenvalue weighted by Crippen LogP contribution is 2.74. The largest absolute Gasteiger partial charge is 0.504 e. The maximum Gasteiger partial charge on any atom is 0.346 e. The van der Waals surface area contributed by atoms with Crippen LogP contribution in [-0.2, 0) is 57.0 Å². The highest BCUT2D eigenvalue weighted by molar-refractivity contribution is 6.09. The zero-order chi connectivity index (χ0) is 55.9. The van der Waals surface area contributed by atoms with Gasteiger partial charge in [0.15, 0.2) is 81.9 Å². The van der Waals surface area contributed by atoms with E-state index in [1.54, 1.807) is 0 Å². The zero-order valence-corrected chi connectivity index (χ0v) is 38.4. The molecule has 8 heterocycles. The number of benzene rings is 4. The van der Waals surface area contributed by atoms with Crippen LogP contribution in [0.25, 0.3) is 11.1 Å². The van der Waals surface area contributed by atoms with Crippen LogP contribution in [0.4, 0.5) is 0 Å². The topological polar surface area (TPSA) is 495 Å². The average Bonchev–Trinajstić information content (AvgIpc) is 1.65. The summed E-state index contributed by atoms with van der Waals surface area (Å²) in [5.74, 6) is -37.4. The molecule has 6 bridgehead atoms. The monoisotopic (exact) mass is 1090 g/mol. The molecule has 13 atom stereocenters. The molecule has 0 aromatic heterocycles. The fourth-order valence-corrected chi connectivity index (χ4v) is 11.7.